The monoisotopic (exact) mass is 333 g/mol. The number of hydrogen-bond acceptors (Lipinski definition) is 3. The Kier molecular flexibility index (Phi) is 2.56. The van der Waals surface area contributed by atoms with E-state index in [1.807, 2.05) is 7.05 Å². The molecule has 1 aromatic heterocycles. The molecule has 3 heterocycles. The van der Waals surface area contributed by atoms with Crippen LogP contribution in [0.1, 0.15) is 45.1 Å². The Bertz CT molecular complexity index is 1080. The molecular formula is C20H19N3O2. The summed E-state index contributed by atoms with van der Waals surface area (Å²) in [5, 5.41) is 8.62. The van der Waals surface area contributed by atoms with E-state index in [0.717, 1.165) is 42.5 Å². The summed E-state index contributed by atoms with van der Waals surface area (Å²) in [6, 6.07) is 6.56. The highest BCUT2D eigenvalue weighted by molar-refractivity contribution is 6.15. The number of rotatable bonds is 2. The minimum atomic E-state index is -0.145. The zero-order valence-corrected chi connectivity index (χ0v) is 14.0. The van der Waals surface area contributed by atoms with E-state index in [4.69, 9.17) is 4.74 Å². The summed E-state index contributed by atoms with van der Waals surface area (Å²) in [5.41, 5.74) is 8.16. The number of aryl methyl sites for hydroxylation is 1. The number of nitrogens with one attached hydrogen (secondary N) is 3. The Balaban J connectivity index is 1.78. The van der Waals surface area contributed by atoms with Gasteiger partial charge in [-0.25, -0.2) is 0 Å². The Morgan fingerprint density at radius 3 is 3.04 bits per heavy atom. The van der Waals surface area contributed by atoms with Gasteiger partial charge in [0.2, 0.25) is 0 Å². The van der Waals surface area contributed by atoms with Crippen molar-refractivity contribution >= 4 is 27.7 Å². The van der Waals surface area contributed by atoms with Gasteiger partial charge in [-0.1, -0.05) is 6.07 Å². The molecule has 2 aromatic carbocycles. The first kappa shape index (κ1) is 13.9. The minimum Gasteiger partial charge on any atom is -0.354 e. The molecule has 3 aliphatic rings. The maximum absolute atomic E-state index is 12.7. The fraction of sp³-hybridized carbons (Fsp3) is 0.350. The number of carbonyl (C=O) groups is 1. The van der Waals surface area contributed by atoms with Crippen LogP contribution in [0.2, 0.25) is 0 Å². The average molecular weight is 333 g/mol. The van der Waals surface area contributed by atoms with Crippen molar-refractivity contribution in [2.45, 2.75) is 38.1 Å². The number of epoxide rings is 1. The molecule has 1 amide bonds. The maximum atomic E-state index is 12.7. The largest absolute Gasteiger partial charge is 0.354 e. The summed E-state index contributed by atoms with van der Waals surface area (Å²) >= 11 is 0. The number of hydrogen-bond donors (Lipinski definition) is 3. The molecule has 1 fully saturated rings. The third kappa shape index (κ3) is 1.72. The minimum absolute atomic E-state index is 0.00746. The van der Waals surface area contributed by atoms with E-state index in [9.17, 15) is 4.79 Å². The number of H-pyrrole nitrogens is 1. The van der Waals surface area contributed by atoms with Crippen molar-refractivity contribution in [1.29, 1.82) is 0 Å². The van der Waals surface area contributed by atoms with Gasteiger partial charge < -0.3 is 20.4 Å². The van der Waals surface area contributed by atoms with Gasteiger partial charge in [0.1, 0.15) is 6.10 Å². The molecule has 2 unspecified atom stereocenters. The van der Waals surface area contributed by atoms with Gasteiger partial charge in [0.25, 0.3) is 5.91 Å². The van der Waals surface area contributed by atoms with Crippen LogP contribution >= 0.6 is 0 Å². The molecule has 2 atom stereocenters. The van der Waals surface area contributed by atoms with E-state index in [1.54, 1.807) is 0 Å². The predicted octanol–water partition coefficient (Wildman–Crippen LogP) is 2.67. The van der Waals surface area contributed by atoms with Crippen LogP contribution in [-0.2, 0) is 24.1 Å². The fourth-order valence-electron chi connectivity index (χ4n) is 4.83. The third-order valence-electron chi connectivity index (χ3n) is 5.88. The zero-order chi connectivity index (χ0) is 16.7. The molecule has 0 radical (unpaired) electrons. The topological polar surface area (TPSA) is 69.5 Å². The quantitative estimate of drug-likeness (QED) is 0.632. The van der Waals surface area contributed by atoms with Crippen molar-refractivity contribution in [2.24, 2.45) is 0 Å². The van der Waals surface area contributed by atoms with Gasteiger partial charge in [0, 0.05) is 34.0 Å². The average Bonchev–Trinajstić information content (AvgIpc) is 3.04. The molecule has 3 N–H and O–H groups in total. The normalized spacial score (nSPS) is 23.5. The van der Waals surface area contributed by atoms with Gasteiger partial charge in [-0.3, -0.25) is 4.79 Å². The first-order valence-electron chi connectivity index (χ1n) is 8.99. The number of carbonyl (C=O) groups excluding carboxylic acids is 1. The number of aromatic nitrogens is 1. The molecule has 25 heavy (non-hydrogen) atoms. The summed E-state index contributed by atoms with van der Waals surface area (Å²) in [5.74, 6) is 0.0366. The smallest absolute Gasteiger partial charge is 0.254 e. The molecule has 0 saturated carbocycles. The van der Waals surface area contributed by atoms with E-state index in [-0.39, 0.29) is 18.2 Å². The second-order valence-corrected chi connectivity index (χ2v) is 7.34. The number of fused-ring (bicyclic) bond motifs is 10. The van der Waals surface area contributed by atoms with Crippen LogP contribution in [-0.4, -0.2) is 24.2 Å². The molecule has 126 valence electrons. The Morgan fingerprint density at radius 1 is 1.28 bits per heavy atom. The number of ether oxygens (including phenoxy) is 1. The second-order valence-electron chi connectivity index (χ2n) is 7.34. The van der Waals surface area contributed by atoms with Crippen molar-refractivity contribution < 1.29 is 9.53 Å². The lowest BCUT2D eigenvalue weighted by atomic mass is 9.88. The molecule has 5 nitrogen and oxygen atoms in total. The van der Waals surface area contributed by atoms with E-state index in [1.165, 1.54) is 33.0 Å². The zero-order valence-electron chi connectivity index (χ0n) is 14.0. The van der Waals surface area contributed by atoms with Gasteiger partial charge in [-0.15, -0.1) is 0 Å². The Hall–Kier alpha value is -2.37. The van der Waals surface area contributed by atoms with Gasteiger partial charge in [-0.05, 0) is 55.1 Å². The highest BCUT2D eigenvalue weighted by Gasteiger charge is 2.50. The first-order chi connectivity index (χ1) is 12.3. The maximum Gasteiger partial charge on any atom is 0.254 e. The van der Waals surface area contributed by atoms with Gasteiger partial charge in [-0.2, -0.15) is 0 Å². The van der Waals surface area contributed by atoms with Crippen molar-refractivity contribution in [3.8, 4) is 0 Å². The van der Waals surface area contributed by atoms with Crippen LogP contribution in [0.3, 0.4) is 0 Å². The third-order valence-corrected chi connectivity index (χ3v) is 5.88. The predicted molar refractivity (Wildman–Crippen MR) is 95.7 cm³/mol. The molecule has 1 aliphatic carbocycles. The van der Waals surface area contributed by atoms with E-state index >= 15 is 0 Å². The second kappa shape index (κ2) is 4.62. The van der Waals surface area contributed by atoms with Crippen LogP contribution in [0.4, 0.5) is 0 Å². The summed E-state index contributed by atoms with van der Waals surface area (Å²) in [7, 11) is 1.96. The lowest BCUT2D eigenvalue weighted by molar-refractivity contribution is 0.0933. The molecule has 0 bridgehead atoms. The molecular weight excluding hydrogens is 314 g/mol. The van der Waals surface area contributed by atoms with Gasteiger partial charge in [0.15, 0.2) is 6.23 Å². The lowest BCUT2D eigenvalue weighted by Crippen LogP contribution is -2.32. The number of benzene rings is 2. The van der Waals surface area contributed by atoms with E-state index in [2.05, 4.69) is 33.8 Å². The SMILES string of the molecule is CNCc1ccc2[nH]c3c4c(c5c(c3c2c1)C1OC1NC5=O)CCC4. The molecule has 6 rings (SSSR count). The summed E-state index contributed by atoms with van der Waals surface area (Å²) in [6.45, 7) is 0.832. The lowest BCUT2D eigenvalue weighted by Gasteiger charge is -2.18. The van der Waals surface area contributed by atoms with E-state index in [0.29, 0.717) is 0 Å². The fourth-order valence-corrected chi connectivity index (χ4v) is 4.83. The molecule has 0 spiro atoms. The number of aromatic amines is 1. The van der Waals surface area contributed by atoms with Crippen LogP contribution in [0, 0.1) is 0 Å². The van der Waals surface area contributed by atoms with Crippen LogP contribution in [0.5, 0.6) is 0 Å². The van der Waals surface area contributed by atoms with Crippen LogP contribution < -0.4 is 10.6 Å². The van der Waals surface area contributed by atoms with Crippen molar-refractivity contribution in [3.63, 3.8) is 0 Å². The highest BCUT2D eigenvalue weighted by Crippen LogP contribution is 2.50. The molecule has 3 aromatic rings. The first-order valence-corrected chi connectivity index (χ1v) is 8.99. The molecule has 1 saturated heterocycles. The van der Waals surface area contributed by atoms with Crippen molar-refractivity contribution in [2.75, 3.05) is 7.05 Å². The highest BCUT2D eigenvalue weighted by atomic mass is 16.6. The van der Waals surface area contributed by atoms with Crippen molar-refractivity contribution in [1.82, 2.24) is 15.6 Å². The molecule has 5 heteroatoms. The Labute approximate surface area is 144 Å². The van der Waals surface area contributed by atoms with Crippen LogP contribution in [0.25, 0.3) is 21.8 Å². The Morgan fingerprint density at radius 2 is 2.16 bits per heavy atom. The van der Waals surface area contributed by atoms with Crippen molar-refractivity contribution in [3.05, 3.63) is 46.0 Å². The molecule has 2 aliphatic heterocycles. The standard InChI is InChI=1S/C20H19N3O2/c1-21-8-9-5-6-13-12(7-9)14-16-15(19(24)23-20-18(16)25-20)10-3-2-4-11(10)17(14)22-13/h5-7,18,20-22H,2-4,8H2,1H3,(H,23,24). The summed E-state index contributed by atoms with van der Waals surface area (Å²) in [6.07, 6.45) is 3.00. The van der Waals surface area contributed by atoms with Crippen LogP contribution in [0.15, 0.2) is 18.2 Å². The summed E-state index contributed by atoms with van der Waals surface area (Å²) in [4.78, 5) is 16.4. The van der Waals surface area contributed by atoms with Gasteiger partial charge in [0.05, 0.1) is 5.52 Å². The number of amides is 1. The van der Waals surface area contributed by atoms with Gasteiger partial charge >= 0.3 is 0 Å². The van der Waals surface area contributed by atoms with E-state index < -0.39 is 0 Å². The summed E-state index contributed by atoms with van der Waals surface area (Å²) < 4.78 is 5.78.